The fourth-order valence-corrected chi connectivity index (χ4v) is 4.66. The molecule has 1 aromatic carbocycles. The van der Waals surface area contributed by atoms with E-state index in [2.05, 4.69) is 10.1 Å². The lowest BCUT2D eigenvalue weighted by molar-refractivity contribution is 0.433. The standard InChI is InChI=1S/C13H8Cl2N2O3S2/c1-7-11(22(15,18)19)6-10(21-7)13-16-12(17-20-13)8-3-2-4-9(14)5-8/h2-6H,1H3. The summed E-state index contributed by atoms with van der Waals surface area (Å²) in [5, 5.41) is 4.45. The number of benzene rings is 1. The minimum absolute atomic E-state index is 0.0525. The number of nitrogens with zero attached hydrogens (tertiary/aromatic N) is 2. The van der Waals surface area contributed by atoms with Crippen LogP contribution in [-0.4, -0.2) is 18.6 Å². The average Bonchev–Trinajstić information content (AvgIpc) is 3.04. The first kappa shape index (κ1) is 15.5. The van der Waals surface area contributed by atoms with Gasteiger partial charge in [-0.15, -0.1) is 11.3 Å². The molecule has 0 aliphatic heterocycles. The zero-order chi connectivity index (χ0) is 15.9. The Bertz CT molecular complexity index is 948. The summed E-state index contributed by atoms with van der Waals surface area (Å²) in [6.45, 7) is 1.66. The van der Waals surface area contributed by atoms with Gasteiger partial charge in [0.1, 0.15) is 0 Å². The maximum atomic E-state index is 11.5. The maximum Gasteiger partial charge on any atom is 0.268 e. The molecule has 0 saturated carbocycles. The molecule has 3 rings (SSSR count). The minimum Gasteiger partial charge on any atom is -0.333 e. The molecule has 0 fully saturated rings. The summed E-state index contributed by atoms with van der Waals surface area (Å²) in [6.07, 6.45) is 0. The molecule has 0 spiro atoms. The molecule has 9 heteroatoms. The Kier molecular flexibility index (Phi) is 3.98. The first-order chi connectivity index (χ1) is 10.3. The van der Waals surface area contributed by atoms with Gasteiger partial charge >= 0.3 is 0 Å². The van der Waals surface area contributed by atoms with Crippen LogP contribution >= 0.6 is 33.6 Å². The predicted molar refractivity (Wildman–Crippen MR) is 85.8 cm³/mol. The van der Waals surface area contributed by atoms with E-state index < -0.39 is 9.05 Å². The molecule has 0 atom stereocenters. The van der Waals surface area contributed by atoms with E-state index >= 15 is 0 Å². The molecule has 0 saturated heterocycles. The topological polar surface area (TPSA) is 73.1 Å². The first-order valence-corrected chi connectivity index (χ1v) is 9.50. The van der Waals surface area contributed by atoms with Crippen LogP contribution in [0.5, 0.6) is 0 Å². The molecular formula is C13H8Cl2N2O3S2. The normalized spacial score (nSPS) is 11.8. The summed E-state index contributed by atoms with van der Waals surface area (Å²) in [5.41, 5.74) is 0.709. The third kappa shape index (κ3) is 3.03. The van der Waals surface area contributed by atoms with Crippen molar-refractivity contribution < 1.29 is 12.9 Å². The summed E-state index contributed by atoms with van der Waals surface area (Å²) in [7, 11) is 1.58. The molecule has 0 N–H and O–H groups in total. The fraction of sp³-hybridized carbons (Fsp3) is 0.0769. The molecule has 3 aromatic rings. The zero-order valence-corrected chi connectivity index (χ0v) is 14.2. The second kappa shape index (κ2) is 5.66. The molecule has 2 heterocycles. The van der Waals surface area contributed by atoms with Crippen LogP contribution in [0.4, 0.5) is 0 Å². The van der Waals surface area contributed by atoms with Crippen LogP contribution in [0, 0.1) is 6.92 Å². The summed E-state index contributed by atoms with van der Waals surface area (Å²) < 4.78 is 28.1. The number of halogens is 2. The Hall–Kier alpha value is -1.41. The van der Waals surface area contributed by atoms with Gasteiger partial charge in [0.2, 0.25) is 5.82 Å². The van der Waals surface area contributed by atoms with Gasteiger partial charge in [-0.3, -0.25) is 0 Å². The van der Waals surface area contributed by atoms with Crippen LogP contribution in [0.3, 0.4) is 0 Å². The molecular weight excluding hydrogens is 367 g/mol. The van der Waals surface area contributed by atoms with Crippen LogP contribution < -0.4 is 0 Å². The van der Waals surface area contributed by atoms with E-state index in [4.69, 9.17) is 26.8 Å². The predicted octanol–water partition coefficient (Wildman–Crippen LogP) is 4.35. The van der Waals surface area contributed by atoms with Gasteiger partial charge in [-0.2, -0.15) is 4.98 Å². The number of aromatic nitrogens is 2. The molecule has 0 bridgehead atoms. The lowest BCUT2D eigenvalue weighted by atomic mass is 10.2. The summed E-state index contributed by atoms with van der Waals surface area (Å²) >= 11 is 7.15. The van der Waals surface area contributed by atoms with Crippen molar-refractivity contribution in [2.24, 2.45) is 0 Å². The highest BCUT2D eigenvalue weighted by Gasteiger charge is 2.21. The van der Waals surface area contributed by atoms with E-state index in [0.29, 0.717) is 26.2 Å². The Morgan fingerprint density at radius 3 is 2.68 bits per heavy atom. The molecule has 0 amide bonds. The lowest BCUT2D eigenvalue weighted by Gasteiger charge is -1.93. The highest BCUT2D eigenvalue weighted by atomic mass is 35.7. The van der Waals surface area contributed by atoms with Crippen molar-refractivity contribution in [3.63, 3.8) is 0 Å². The number of rotatable bonds is 3. The lowest BCUT2D eigenvalue weighted by Crippen LogP contribution is -1.88. The molecule has 2 aromatic heterocycles. The van der Waals surface area contributed by atoms with Crippen molar-refractivity contribution in [3.05, 3.63) is 40.2 Å². The smallest absolute Gasteiger partial charge is 0.268 e. The number of thiophene rings is 1. The van der Waals surface area contributed by atoms with E-state index in [1.54, 1.807) is 31.2 Å². The highest BCUT2D eigenvalue weighted by Crippen LogP contribution is 2.35. The summed E-state index contributed by atoms with van der Waals surface area (Å²) in [5.74, 6) is 0.605. The monoisotopic (exact) mass is 374 g/mol. The minimum atomic E-state index is -3.80. The van der Waals surface area contributed by atoms with Gasteiger partial charge < -0.3 is 4.52 Å². The van der Waals surface area contributed by atoms with E-state index in [0.717, 1.165) is 0 Å². The third-order valence-electron chi connectivity index (χ3n) is 2.85. The molecule has 5 nitrogen and oxygen atoms in total. The maximum absolute atomic E-state index is 11.5. The van der Waals surface area contributed by atoms with Crippen molar-refractivity contribution in [3.8, 4) is 22.2 Å². The molecule has 22 heavy (non-hydrogen) atoms. The second-order valence-corrected chi connectivity index (χ2v) is 8.63. The van der Waals surface area contributed by atoms with Crippen LogP contribution in [-0.2, 0) is 9.05 Å². The number of aryl methyl sites for hydroxylation is 1. The average molecular weight is 375 g/mol. The Balaban J connectivity index is 2.01. The number of hydrogen-bond donors (Lipinski definition) is 0. The van der Waals surface area contributed by atoms with Crippen LogP contribution in [0.15, 0.2) is 39.8 Å². The molecule has 0 aliphatic carbocycles. The summed E-state index contributed by atoms with van der Waals surface area (Å²) in [4.78, 5) is 5.42. The van der Waals surface area contributed by atoms with Gasteiger partial charge in [0.15, 0.2) is 0 Å². The van der Waals surface area contributed by atoms with Gasteiger partial charge in [-0.05, 0) is 25.1 Å². The van der Waals surface area contributed by atoms with E-state index in [-0.39, 0.29) is 10.8 Å². The van der Waals surface area contributed by atoms with Crippen LogP contribution in [0.2, 0.25) is 5.02 Å². The molecule has 0 aliphatic rings. The molecule has 0 unspecified atom stereocenters. The zero-order valence-electron chi connectivity index (χ0n) is 11.1. The third-order valence-corrected chi connectivity index (χ3v) is 5.71. The SMILES string of the molecule is Cc1sc(-c2nc(-c3cccc(Cl)c3)no2)cc1S(=O)(=O)Cl. The van der Waals surface area contributed by atoms with E-state index in [9.17, 15) is 8.42 Å². The Morgan fingerprint density at radius 1 is 1.27 bits per heavy atom. The largest absolute Gasteiger partial charge is 0.333 e. The Labute approximate surface area is 139 Å². The van der Waals surface area contributed by atoms with Gasteiger partial charge in [0.25, 0.3) is 14.9 Å². The van der Waals surface area contributed by atoms with Crippen molar-refractivity contribution in [2.45, 2.75) is 11.8 Å². The molecule has 114 valence electrons. The fourth-order valence-electron chi connectivity index (χ4n) is 1.88. The van der Waals surface area contributed by atoms with Crippen molar-refractivity contribution in [2.75, 3.05) is 0 Å². The van der Waals surface area contributed by atoms with Crippen molar-refractivity contribution >= 4 is 42.7 Å². The van der Waals surface area contributed by atoms with E-state index in [1.807, 2.05) is 0 Å². The second-order valence-electron chi connectivity index (χ2n) is 4.40. The summed E-state index contributed by atoms with van der Waals surface area (Å²) in [6, 6.07) is 8.46. The quantitative estimate of drug-likeness (QED) is 0.636. The highest BCUT2D eigenvalue weighted by molar-refractivity contribution is 8.13. The molecule has 0 radical (unpaired) electrons. The van der Waals surface area contributed by atoms with Crippen LogP contribution in [0.1, 0.15) is 4.88 Å². The van der Waals surface area contributed by atoms with Crippen LogP contribution in [0.25, 0.3) is 22.2 Å². The number of hydrogen-bond acceptors (Lipinski definition) is 6. The van der Waals surface area contributed by atoms with Gasteiger partial charge in [-0.1, -0.05) is 28.9 Å². The van der Waals surface area contributed by atoms with E-state index in [1.165, 1.54) is 17.4 Å². The van der Waals surface area contributed by atoms with Crippen molar-refractivity contribution in [1.82, 2.24) is 10.1 Å². The van der Waals surface area contributed by atoms with Gasteiger partial charge in [0.05, 0.1) is 9.77 Å². The van der Waals surface area contributed by atoms with Gasteiger partial charge in [-0.25, -0.2) is 8.42 Å². The Morgan fingerprint density at radius 2 is 2.05 bits per heavy atom. The van der Waals surface area contributed by atoms with Gasteiger partial charge in [0, 0.05) is 26.1 Å². The van der Waals surface area contributed by atoms with Crippen molar-refractivity contribution in [1.29, 1.82) is 0 Å². The first-order valence-electron chi connectivity index (χ1n) is 6.00.